The molecule has 2 nitrogen and oxygen atoms in total. The molecule has 0 spiro atoms. The van der Waals surface area contributed by atoms with Gasteiger partial charge in [0, 0.05) is 6.04 Å². The number of unbranched alkanes of at least 4 members (excludes halogenated alkanes) is 2. The van der Waals surface area contributed by atoms with Crippen molar-refractivity contribution in [3.8, 4) is 0 Å². The van der Waals surface area contributed by atoms with Crippen LogP contribution in [0.15, 0.2) is 0 Å². The molecule has 0 radical (unpaired) electrons. The first-order valence-corrected chi connectivity index (χ1v) is 7.62. The van der Waals surface area contributed by atoms with Gasteiger partial charge < -0.3 is 10.2 Å². The highest BCUT2D eigenvalue weighted by Gasteiger charge is 2.22. The van der Waals surface area contributed by atoms with Gasteiger partial charge in [-0.05, 0) is 71.6 Å². The molecule has 0 saturated heterocycles. The van der Waals surface area contributed by atoms with Gasteiger partial charge in [-0.25, -0.2) is 0 Å². The highest BCUT2D eigenvalue weighted by atomic mass is 15.1. The molecule has 0 aromatic rings. The van der Waals surface area contributed by atoms with Crippen LogP contribution in [0.1, 0.15) is 58.3 Å². The van der Waals surface area contributed by atoms with E-state index in [0.29, 0.717) is 0 Å². The zero-order valence-corrected chi connectivity index (χ0v) is 12.2. The lowest BCUT2D eigenvalue weighted by Gasteiger charge is -2.34. The molecule has 1 saturated carbocycles. The predicted octanol–water partition coefficient (Wildman–Crippen LogP) is 3.28. The molecule has 0 aliphatic heterocycles. The van der Waals surface area contributed by atoms with Gasteiger partial charge in [0.1, 0.15) is 0 Å². The molecule has 1 aliphatic carbocycles. The number of rotatable bonds is 8. The topological polar surface area (TPSA) is 15.3 Å². The molecular weight excluding hydrogens is 208 g/mol. The van der Waals surface area contributed by atoms with E-state index >= 15 is 0 Å². The minimum atomic E-state index is 0.877. The smallest absolute Gasteiger partial charge is 0.00924 e. The largest absolute Gasteiger partial charge is 0.320 e. The molecule has 0 amide bonds. The van der Waals surface area contributed by atoms with Crippen molar-refractivity contribution in [1.29, 1.82) is 0 Å². The molecule has 0 heterocycles. The van der Waals surface area contributed by atoms with Crippen LogP contribution in [0.5, 0.6) is 0 Å². The van der Waals surface area contributed by atoms with E-state index in [1.807, 2.05) is 7.05 Å². The lowest BCUT2D eigenvalue weighted by Crippen LogP contribution is -2.35. The maximum Gasteiger partial charge on any atom is 0.00924 e. The Labute approximate surface area is 108 Å². The Kier molecular flexibility index (Phi) is 7.87. The van der Waals surface area contributed by atoms with Gasteiger partial charge in [-0.3, -0.25) is 0 Å². The minimum absolute atomic E-state index is 0.877. The molecule has 0 aromatic heterocycles. The van der Waals surface area contributed by atoms with E-state index in [4.69, 9.17) is 0 Å². The number of hydrogen-bond acceptors (Lipinski definition) is 2. The van der Waals surface area contributed by atoms with E-state index in [2.05, 4.69) is 24.2 Å². The Morgan fingerprint density at radius 3 is 2.35 bits per heavy atom. The number of nitrogens with one attached hydrogen (secondary N) is 1. The first kappa shape index (κ1) is 15.0. The third-order valence-electron chi connectivity index (χ3n) is 4.45. The summed E-state index contributed by atoms with van der Waals surface area (Å²) in [6.45, 7) is 4.81. The summed E-state index contributed by atoms with van der Waals surface area (Å²) in [6, 6.07) is 0.877. The Bertz CT molecular complexity index is 174. The Hall–Kier alpha value is -0.0800. The fourth-order valence-corrected chi connectivity index (χ4v) is 3.02. The van der Waals surface area contributed by atoms with Crippen LogP contribution in [0, 0.1) is 5.92 Å². The molecule has 0 aromatic carbocycles. The van der Waals surface area contributed by atoms with Crippen LogP contribution in [-0.2, 0) is 0 Å². The molecule has 17 heavy (non-hydrogen) atoms. The van der Waals surface area contributed by atoms with Gasteiger partial charge in [-0.2, -0.15) is 0 Å². The van der Waals surface area contributed by atoms with Crippen molar-refractivity contribution in [3.63, 3.8) is 0 Å². The molecule has 2 heteroatoms. The molecule has 0 atom stereocenters. The second-order valence-electron chi connectivity index (χ2n) is 5.73. The van der Waals surface area contributed by atoms with Gasteiger partial charge in [0.2, 0.25) is 0 Å². The van der Waals surface area contributed by atoms with Crippen LogP contribution < -0.4 is 5.32 Å². The average molecular weight is 240 g/mol. The lowest BCUT2D eigenvalue weighted by atomic mass is 9.84. The first-order valence-electron chi connectivity index (χ1n) is 7.62. The van der Waals surface area contributed by atoms with Crippen LogP contribution in [0.25, 0.3) is 0 Å². The minimum Gasteiger partial charge on any atom is -0.320 e. The molecule has 102 valence electrons. The third-order valence-corrected chi connectivity index (χ3v) is 4.45. The molecule has 1 aliphatic rings. The van der Waals surface area contributed by atoms with Crippen LogP contribution in [0.4, 0.5) is 0 Å². The first-order chi connectivity index (χ1) is 8.27. The van der Waals surface area contributed by atoms with Gasteiger partial charge in [0.25, 0.3) is 0 Å². The number of hydrogen-bond donors (Lipinski definition) is 1. The summed E-state index contributed by atoms with van der Waals surface area (Å²) in [4.78, 5) is 2.62. The van der Waals surface area contributed by atoms with Gasteiger partial charge in [0.15, 0.2) is 0 Å². The summed E-state index contributed by atoms with van der Waals surface area (Å²) in [6.07, 6.45) is 11.3. The normalized spacial score (nSPS) is 25.4. The standard InChI is InChI=1S/C15H32N2/c1-4-14-8-10-15(11-9-14)17(3)13-7-5-6-12-16-2/h14-16H,4-13H2,1-3H3. The summed E-state index contributed by atoms with van der Waals surface area (Å²) in [5.74, 6) is 1.02. The van der Waals surface area contributed by atoms with Gasteiger partial charge in [0.05, 0.1) is 0 Å². The summed E-state index contributed by atoms with van der Waals surface area (Å²) in [7, 11) is 4.37. The van der Waals surface area contributed by atoms with Crippen LogP contribution in [-0.4, -0.2) is 38.1 Å². The zero-order valence-electron chi connectivity index (χ0n) is 12.2. The Balaban J connectivity index is 2.05. The molecule has 1 fully saturated rings. The second kappa shape index (κ2) is 8.93. The molecule has 1 N–H and O–H groups in total. The monoisotopic (exact) mass is 240 g/mol. The van der Waals surface area contributed by atoms with Crippen LogP contribution in [0.2, 0.25) is 0 Å². The Morgan fingerprint density at radius 2 is 1.76 bits per heavy atom. The van der Waals surface area contributed by atoms with Crippen molar-refractivity contribution < 1.29 is 0 Å². The van der Waals surface area contributed by atoms with Crippen LogP contribution in [0.3, 0.4) is 0 Å². The van der Waals surface area contributed by atoms with Crippen molar-refractivity contribution in [2.45, 2.75) is 64.3 Å². The van der Waals surface area contributed by atoms with Crippen molar-refractivity contribution in [2.24, 2.45) is 5.92 Å². The molecule has 1 rings (SSSR count). The fourth-order valence-electron chi connectivity index (χ4n) is 3.02. The summed E-state index contributed by atoms with van der Waals surface area (Å²) in [5.41, 5.74) is 0. The average Bonchev–Trinajstić information content (AvgIpc) is 2.38. The molecular formula is C15H32N2. The van der Waals surface area contributed by atoms with Gasteiger partial charge in [-0.15, -0.1) is 0 Å². The number of nitrogens with zero attached hydrogens (tertiary/aromatic N) is 1. The highest BCUT2D eigenvalue weighted by Crippen LogP contribution is 2.28. The quantitative estimate of drug-likeness (QED) is 0.655. The predicted molar refractivity (Wildman–Crippen MR) is 76.4 cm³/mol. The second-order valence-corrected chi connectivity index (χ2v) is 5.73. The molecule has 0 bridgehead atoms. The summed E-state index contributed by atoms with van der Waals surface area (Å²) >= 11 is 0. The van der Waals surface area contributed by atoms with Gasteiger partial charge in [-0.1, -0.05) is 19.8 Å². The van der Waals surface area contributed by atoms with E-state index in [1.165, 1.54) is 64.5 Å². The zero-order chi connectivity index (χ0) is 12.5. The lowest BCUT2D eigenvalue weighted by molar-refractivity contribution is 0.161. The van der Waals surface area contributed by atoms with Gasteiger partial charge >= 0.3 is 0 Å². The molecule has 0 unspecified atom stereocenters. The summed E-state index contributed by atoms with van der Waals surface area (Å²) in [5, 5.41) is 3.22. The highest BCUT2D eigenvalue weighted by molar-refractivity contribution is 4.77. The van der Waals surface area contributed by atoms with Crippen molar-refractivity contribution in [1.82, 2.24) is 10.2 Å². The van der Waals surface area contributed by atoms with E-state index < -0.39 is 0 Å². The maximum absolute atomic E-state index is 3.22. The third kappa shape index (κ3) is 5.87. The van der Waals surface area contributed by atoms with E-state index in [9.17, 15) is 0 Å². The maximum atomic E-state index is 3.22. The van der Waals surface area contributed by atoms with Crippen molar-refractivity contribution in [2.75, 3.05) is 27.2 Å². The van der Waals surface area contributed by atoms with Crippen LogP contribution >= 0.6 is 0 Å². The van der Waals surface area contributed by atoms with Crippen molar-refractivity contribution >= 4 is 0 Å². The SMILES string of the molecule is CCC1CCC(N(C)CCCCCNC)CC1. The van der Waals surface area contributed by atoms with E-state index in [-0.39, 0.29) is 0 Å². The Morgan fingerprint density at radius 1 is 1.06 bits per heavy atom. The fraction of sp³-hybridized carbons (Fsp3) is 1.00. The van der Waals surface area contributed by atoms with Crippen molar-refractivity contribution in [3.05, 3.63) is 0 Å². The van der Waals surface area contributed by atoms with E-state index in [0.717, 1.165) is 12.0 Å². The summed E-state index contributed by atoms with van der Waals surface area (Å²) < 4.78 is 0. The van der Waals surface area contributed by atoms with E-state index in [1.54, 1.807) is 0 Å².